The van der Waals surface area contributed by atoms with Gasteiger partial charge in [-0.15, -0.1) is 0 Å². The van der Waals surface area contributed by atoms with Crippen molar-refractivity contribution in [3.63, 3.8) is 0 Å². The first kappa shape index (κ1) is 35.1. The van der Waals surface area contributed by atoms with E-state index in [-0.39, 0.29) is 29.5 Å². The lowest BCUT2D eigenvalue weighted by atomic mass is 9.85. The molecular formula is C30H33F7N4O5. The Bertz CT molecular complexity index is 1360. The summed E-state index contributed by atoms with van der Waals surface area (Å²) in [6.07, 6.45) is -3.34. The van der Waals surface area contributed by atoms with Gasteiger partial charge in [-0.05, 0) is 43.7 Å². The Morgan fingerprint density at radius 3 is 2.22 bits per heavy atom. The molecule has 46 heavy (non-hydrogen) atoms. The van der Waals surface area contributed by atoms with Crippen LogP contribution in [0.25, 0.3) is 11.3 Å². The first-order valence-electron chi connectivity index (χ1n) is 14.8. The largest absolute Gasteiger partial charge is 0.463 e. The molecule has 0 bridgehead atoms. The molecule has 1 N–H and O–H groups in total. The molecule has 3 heterocycles. The van der Waals surface area contributed by atoms with E-state index in [9.17, 15) is 45.6 Å². The molecule has 1 aromatic heterocycles. The fraction of sp³-hybridized carbons (Fsp3) is 0.600. The summed E-state index contributed by atoms with van der Waals surface area (Å²) in [7, 11) is 0. The summed E-state index contributed by atoms with van der Waals surface area (Å²) < 4.78 is 105. The van der Waals surface area contributed by atoms with E-state index in [4.69, 9.17) is 9.47 Å². The highest BCUT2D eigenvalue weighted by molar-refractivity contribution is 5.94. The Kier molecular flexibility index (Phi) is 11.3. The Morgan fingerprint density at radius 1 is 1.00 bits per heavy atom. The van der Waals surface area contributed by atoms with Crippen LogP contribution in [0, 0.1) is 23.2 Å². The van der Waals surface area contributed by atoms with E-state index in [1.807, 2.05) is 0 Å². The number of ether oxygens (including phenoxy) is 2. The van der Waals surface area contributed by atoms with Crippen LogP contribution in [0.1, 0.15) is 54.8 Å². The number of aromatic nitrogens is 1. The number of morpholine rings is 1. The molecule has 9 nitrogen and oxygen atoms in total. The predicted molar refractivity (Wildman–Crippen MR) is 147 cm³/mol. The van der Waals surface area contributed by atoms with Gasteiger partial charge in [0.2, 0.25) is 11.8 Å². The zero-order valence-corrected chi connectivity index (χ0v) is 24.6. The third-order valence-electron chi connectivity index (χ3n) is 8.04. The maximum Gasteiger partial charge on any atom is 0.463 e. The SMILES string of the molecule is N#CC(NC(=O)C1CCCC(F)(F)C1)C1CCOCC1.O=C(c1ccc(-c2coc(C(F)(F)C(F)(F)F)n2)cc1)N1CCOCC1. The molecule has 0 radical (unpaired) electrons. The highest BCUT2D eigenvalue weighted by Crippen LogP contribution is 2.44. The molecule has 1 saturated carbocycles. The number of benzene rings is 1. The van der Waals surface area contributed by atoms with Crippen LogP contribution in [-0.2, 0) is 20.2 Å². The van der Waals surface area contributed by atoms with Gasteiger partial charge in [-0.2, -0.15) is 27.2 Å². The number of amides is 2. The number of hydrogen-bond acceptors (Lipinski definition) is 7. The van der Waals surface area contributed by atoms with E-state index in [1.165, 1.54) is 24.3 Å². The number of hydrogen-bond donors (Lipinski definition) is 1. The van der Waals surface area contributed by atoms with E-state index in [1.54, 1.807) is 4.90 Å². The smallest absolute Gasteiger partial charge is 0.443 e. The van der Waals surface area contributed by atoms with Gasteiger partial charge >= 0.3 is 12.1 Å². The summed E-state index contributed by atoms with van der Waals surface area (Å²) in [6.45, 7) is 2.97. The number of halogens is 7. The minimum Gasteiger partial charge on any atom is -0.443 e. The molecule has 3 aliphatic rings. The standard InChI is InChI=1S/C16H13F5N2O3.C14H20F2N2O2/c17-15(18,16(19,20)21)14-22-12(9-26-14)10-1-3-11(4-2-10)13(24)23-5-7-25-8-6-23;15-14(16)5-1-2-11(8-14)13(19)18-12(9-17)10-3-6-20-7-4-10/h1-4,9H,5-8H2;10-12H,1-8H2,(H,18,19). The van der Waals surface area contributed by atoms with Crippen LogP contribution in [0.2, 0.25) is 0 Å². The normalized spacial score (nSPS) is 21.3. The first-order valence-corrected chi connectivity index (χ1v) is 14.8. The number of carbonyl (C=O) groups is 2. The van der Waals surface area contributed by atoms with Gasteiger partial charge in [0.15, 0.2) is 0 Å². The van der Waals surface area contributed by atoms with Gasteiger partial charge < -0.3 is 24.1 Å². The van der Waals surface area contributed by atoms with Crippen LogP contribution in [0.3, 0.4) is 0 Å². The number of alkyl halides is 7. The highest BCUT2D eigenvalue weighted by Gasteiger charge is 2.62. The summed E-state index contributed by atoms with van der Waals surface area (Å²) in [5, 5.41) is 11.8. The van der Waals surface area contributed by atoms with E-state index < -0.39 is 48.2 Å². The minimum atomic E-state index is -5.80. The minimum absolute atomic E-state index is 0.0572. The van der Waals surface area contributed by atoms with E-state index in [0.29, 0.717) is 64.2 Å². The Balaban J connectivity index is 0.000000216. The molecule has 2 saturated heterocycles. The molecule has 1 aromatic carbocycles. The molecule has 3 fully saturated rings. The second kappa shape index (κ2) is 14.8. The number of nitriles is 1. The summed E-state index contributed by atoms with van der Waals surface area (Å²) in [5.41, 5.74) is 0.422. The third-order valence-corrected chi connectivity index (χ3v) is 8.04. The number of nitrogens with zero attached hydrogens (tertiary/aromatic N) is 3. The van der Waals surface area contributed by atoms with Crippen molar-refractivity contribution < 1.29 is 54.2 Å². The molecule has 2 amide bonds. The number of rotatable bonds is 6. The van der Waals surface area contributed by atoms with E-state index in [0.717, 1.165) is 12.8 Å². The third kappa shape index (κ3) is 8.75. The Hall–Kier alpha value is -3.71. The van der Waals surface area contributed by atoms with Crippen molar-refractivity contribution in [3.05, 3.63) is 42.0 Å². The van der Waals surface area contributed by atoms with Crippen LogP contribution >= 0.6 is 0 Å². The van der Waals surface area contributed by atoms with Crippen LogP contribution in [0.4, 0.5) is 30.7 Å². The molecule has 5 rings (SSSR count). The maximum atomic E-state index is 13.3. The molecule has 1 aliphatic carbocycles. The maximum absolute atomic E-state index is 13.3. The molecule has 2 aromatic rings. The molecule has 252 valence electrons. The molecule has 2 unspecified atom stereocenters. The van der Waals surface area contributed by atoms with Crippen LogP contribution < -0.4 is 5.32 Å². The number of oxazole rings is 1. The van der Waals surface area contributed by atoms with Gasteiger partial charge in [-0.3, -0.25) is 9.59 Å². The van der Waals surface area contributed by atoms with Gasteiger partial charge in [0.05, 0.1) is 19.3 Å². The van der Waals surface area contributed by atoms with Gasteiger partial charge in [0, 0.05) is 56.2 Å². The number of nitrogens with one attached hydrogen (secondary N) is 1. The molecule has 2 aliphatic heterocycles. The average Bonchev–Trinajstić information content (AvgIpc) is 3.55. The quantitative estimate of drug-likeness (QED) is 0.394. The van der Waals surface area contributed by atoms with Gasteiger partial charge in [0.1, 0.15) is 18.0 Å². The fourth-order valence-corrected chi connectivity index (χ4v) is 5.38. The van der Waals surface area contributed by atoms with Crippen LogP contribution in [0.15, 0.2) is 34.9 Å². The van der Waals surface area contributed by atoms with E-state index in [2.05, 4.69) is 20.8 Å². The van der Waals surface area contributed by atoms with Crippen LogP contribution in [-0.4, -0.2) is 79.4 Å². The van der Waals surface area contributed by atoms with Crippen molar-refractivity contribution in [1.82, 2.24) is 15.2 Å². The summed E-state index contributed by atoms with van der Waals surface area (Å²) in [5.74, 6) is -10.9. The lowest BCUT2D eigenvalue weighted by Gasteiger charge is -2.31. The monoisotopic (exact) mass is 662 g/mol. The van der Waals surface area contributed by atoms with Gasteiger partial charge in [-0.25, -0.2) is 13.8 Å². The van der Waals surface area contributed by atoms with Crippen molar-refractivity contribution >= 4 is 11.8 Å². The second-order valence-corrected chi connectivity index (χ2v) is 11.3. The Labute approximate surface area is 260 Å². The fourth-order valence-electron chi connectivity index (χ4n) is 5.38. The molecule has 2 atom stereocenters. The average molecular weight is 663 g/mol. The summed E-state index contributed by atoms with van der Waals surface area (Å²) in [4.78, 5) is 29.2. The topological polar surface area (TPSA) is 118 Å². The zero-order valence-electron chi connectivity index (χ0n) is 24.6. The predicted octanol–water partition coefficient (Wildman–Crippen LogP) is 5.71. The van der Waals surface area contributed by atoms with Gasteiger partial charge in [0.25, 0.3) is 11.8 Å². The molecule has 16 heteroatoms. The van der Waals surface area contributed by atoms with Crippen molar-refractivity contribution in [3.8, 4) is 17.3 Å². The zero-order chi connectivity index (χ0) is 33.5. The van der Waals surface area contributed by atoms with Gasteiger partial charge in [-0.1, -0.05) is 12.1 Å². The lowest BCUT2D eigenvalue weighted by molar-refractivity contribution is -0.297. The summed E-state index contributed by atoms with van der Waals surface area (Å²) >= 11 is 0. The van der Waals surface area contributed by atoms with Crippen molar-refractivity contribution in [2.45, 2.75) is 62.6 Å². The van der Waals surface area contributed by atoms with Crippen molar-refractivity contribution in [2.75, 3.05) is 39.5 Å². The van der Waals surface area contributed by atoms with Crippen molar-refractivity contribution in [2.24, 2.45) is 11.8 Å². The highest BCUT2D eigenvalue weighted by atomic mass is 19.4. The van der Waals surface area contributed by atoms with E-state index >= 15 is 0 Å². The lowest BCUT2D eigenvalue weighted by Crippen LogP contribution is -2.45. The molecular weight excluding hydrogens is 629 g/mol. The number of carbonyl (C=O) groups excluding carboxylic acids is 2. The Morgan fingerprint density at radius 2 is 1.63 bits per heavy atom. The second-order valence-electron chi connectivity index (χ2n) is 11.3. The summed E-state index contributed by atoms with van der Waals surface area (Å²) in [6, 6.07) is 7.20. The van der Waals surface area contributed by atoms with Crippen molar-refractivity contribution in [1.29, 1.82) is 5.26 Å². The van der Waals surface area contributed by atoms with Crippen LogP contribution in [0.5, 0.6) is 0 Å². The molecule has 0 spiro atoms. The first-order chi connectivity index (χ1) is 21.7.